The number of carbonyl (C=O) groups is 1. The molecular formula is C11H16N2O2. The molecule has 0 spiro atoms. The van der Waals surface area contributed by atoms with E-state index in [4.69, 9.17) is 5.11 Å². The zero-order valence-electron chi connectivity index (χ0n) is 9.24. The molecule has 0 atom stereocenters. The Hall–Kier alpha value is -1.58. The normalized spacial score (nSPS) is 11.1. The quantitative estimate of drug-likeness (QED) is 0.799. The minimum Gasteiger partial charge on any atom is -0.476 e. The van der Waals surface area contributed by atoms with Crippen LogP contribution in [-0.4, -0.2) is 22.6 Å². The fraction of sp³-hybridized carbons (Fsp3) is 0.455. The topological polar surface area (TPSA) is 62.2 Å². The van der Waals surface area contributed by atoms with Crippen LogP contribution in [0.15, 0.2) is 18.3 Å². The molecule has 15 heavy (non-hydrogen) atoms. The van der Waals surface area contributed by atoms with E-state index in [2.05, 4.69) is 31.1 Å². The zero-order valence-corrected chi connectivity index (χ0v) is 9.24. The van der Waals surface area contributed by atoms with Crippen molar-refractivity contribution in [2.45, 2.75) is 20.8 Å². The predicted molar refractivity (Wildman–Crippen MR) is 59.1 cm³/mol. The molecule has 82 valence electrons. The summed E-state index contributed by atoms with van der Waals surface area (Å²) in [4.78, 5) is 14.7. The van der Waals surface area contributed by atoms with E-state index in [1.807, 2.05) is 0 Å². The van der Waals surface area contributed by atoms with Gasteiger partial charge in [0.2, 0.25) is 0 Å². The number of aromatic carboxylic acids is 1. The minimum absolute atomic E-state index is 0.0711. The number of hydrogen-bond donors (Lipinski definition) is 2. The average molecular weight is 208 g/mol. The molecule has 4 heteroatoms. The molecule has 2 N–H and O–H groups in total. The van der Waals surface area contributed by atoms with Crippen LogP contribution in [0.1, 0.15) is 31.3 Å². The van der Waals surface area contributed by atoms with E-state index in [0.29, 0.717) is 12.2 Å². The summed E-state index contributed by atoms with van der Waals surface area (Å²) in [5.74, 6) is -1.01. The summed E-state index contributed by atoms with van der Waals surface area (Å²) in [5, 5.41) is 12.0. The van der Waals surface area contributed by atoms with Gasteiger partial charge in [-0.25, -0.2) is 9.78 Å². The van der Waals surface area contributed by atoms with Gasteiger partial charge in [0.25, 0.3) is 0 Å². The maximum Gasteiger partial charge on any atom is 0.356 e. The number of nitrogens with zero attached hydrogens (tertiary/aromatic N) is 1. The Morgan fingerprint density at radius 2 is 2.20 bits per heavy atom. The predicted octanol–water partition coefficient (Wildman–Crippen LogP) is 2.24. The summed E-state index contributed by atoms with van der Waals surface area (Å²) < 4.78 is 0. The van der Waals surface area contributed by atoms with Gasteiger partial charge in [-0.1, -0.05) is 20.8 Å². The van der Waals surface area contributed by atoms with Gasteiger partial charge >= 0.3 is 5.97 Å². The molecule has 0 amide bonds. The highest BCUT2D eigenvalue weighted by Gasteiger charge is 2.14. The summed E-state index contributed by atoms with van der Waals surface area (Å²) in [6, 6.07) is 3.44. The lowest BCUT2D eigenvalue weighted by Gasteiger charge is -2.20. The molecular weight excluding hydrogens is 192 g/mol. The molecule has 0 aromatic carbocycles. The van der Waals surface area contributed by atoms with E-state index in [-0.39, 0.29) is 11.1 Å². The molecule has 0 bridgehead atoms. The van der Waals surface area contributed by atoms with Crippen molar-refractivity contribution in [3.8, 4) is 0 Å². The maximum atomic E-state index is 10.8. The molecule has 1 aromatic rings. The van der Waals surface area contributed by atoms with Gasteiger partial charge in [-0.05, 0) is 17.5 Å². The molecule has 0 aliphatic carbocycles. The van der Waals surface area contributed by atoms with Gasteiger partial charge in [0, 0.05) is 12.7 Å². The van der Waals surface area contributed by atoms with Crippen LogP contribution in [0.2, 0.25) is 0 Å². The van der Waals surface area contributed by atoms with Gasteiger partial charge in [-0.3, -0.25) is 0 Å². The molecule has 0 aliphatic heterocycles. The molecule has 4 nitrogen and oxygen atoms in total. The van der Waals surface area contributed by atoms with E-state index < -0.39 is 5.97 Å². The van der Waals surface area contributed by atoms with Crippen molar-refractivity contribution in [1.82, 2.24) is 4.98 Å². The van der Waals surface area contributed by atoms with Gasteiger partial charge in [0.1, 0.15) is 0 Å². The van der Waals surface area contributed by atoms with Crippen LogP contribution in [0.25, 0.3) is 0 Å². The van der Waals surface area contributed by atoms with Crippen LogP contribution < -0.4 is 5.32 Å². The second kappa shape index (κ2) is 4.29. The van der Waals surface area contributed by atoms with Gasteiger partial charge < -0.3 is 10.4 Å². The number of hydrogen-bond acceptors (Lipinski definition) is 3. The second-order valence-electron chi connectivity index (χ2n) is 4.62. The van der Waals surface area contributed by atoms with Crippen LogP contribution in [0.5, 0.6) is 0 Å². The van der Waals surface area contributed by atoms with Crippen LogP contribution in [0.4, 0.5) is 5.69 Å². The molecule has 0 radical (unpaired) electrons. The van der Waals surface area contributed by atoms with Gasteiger partial charge in [0.15, 0.2) is 5.69 Å². The van der Waals surface area contributed by atoms with Crippen molar-refractivity contribution in [2.75, 3.05) is 11.9 Å². The Morgan fingerprint density at radius 3 is 2.73 bits per heavy atom. The monoisotopic (exact) mass is 208 g/mol. The van der Waals surface area contributed by atoms with E-state index in [0.717, 1.165) is 0 Å². The Balaban J connectivity index is 2.81. The third-order valence-electron chi connectivity index (χ3n) is 1.82. The zero-order chi connectivity index (χ0) is 11.5. The summed E-state index contributed by atoms with van der Waals surface area (Å²) in [6.45, 7) is 6.95. The lowest BCUT2D eigenvalue weighted by atomic mass is 9.97. The SMILES string of the molecule is CC(C)(C)CNc1cccnc1C(=O)O. The highest BCUT2D eigenvalue weighted by molar-refractivity contribution is 5.91. The molecule has 0 saturated carbocycles. The first kappa shape index (κ1) is 11.5. The first-order chi connectivity index (χ1) is 6.90. The molecule has 1 heterocycles. The Labute approximate surface area is 89.3 Å². The van der Waals surface area contributed by atoms with Gasteiger partial charge in [-0.15, -0.1) is 0 Å². The van der Waals surface area contributed by atoms with Crippen molar-refractivity contribution < 1.29 is 9.90 Å². The maximum absolute atomic E-state index is 10.8. The largest absolute Gasteiger partial charge is 0.476 e. The average Bonchev–Trinajstić information content (AvgIpc) is 2.14. The van der Waals surface area contributed by atoms with Crippen LogP contribution in [0, 0.1) is 5.41 Å². The number of carboxylic acid groups (broad SMARTS) is 1. The van der Waals surface area contributed by atoms with Gasteiger partial charge in [0.05, 0.1) is 5.69 Å². The Morgan fingerprint density at radius 1 is 1.53 bits per heavy atom. The third-order valence-corrected chi connectivity index (χ3v) is 1.82. The highest BCUT2D eigenvalue weighted by Crippen LogP contribution is 2.17. The Bertz CT molecular complexity index is 356. The number of anilines is 1. The third kappa shape index (κ3) is 3.58. The molecule has 0 unspecified atom stereocenters. The smallest absolute Gasteiger partial charge is 0.356 e. The number of aromatic nitrogens is 1. The van der Waals surface area contributed by atoms with E-state index in [1.54, 1.807) is 12.1 Å². The summed E-state index contributed by atoms with van der Waals surface area (Å²) in [5.41, 5.74) is 0.743. The van der Waals surface area contributed by atoms with E-state index in [1.165, 1.54) is 6.20 Å². The number of rotatable bonds is 3. The number of pyridine rings is 1. The summed E-state index contributed by atoms with van der Waals surface area (Å²) in [6.07, 6.45) is 1.48. The standard InChI is InChI=1S/C11H16N2O2/c1-11(2,3)7-13-8-5-4-6-12-9(8)10(14)15/h4-6,13H,7H2,1-3H3,(H,14,15). The molecule has 0 fully saturated rings. The fourth-order valence-electron chi connectivity index (χ4n) is 1.08. The molecule has 1 rings (SSSR count). The van der Waals surface area contributed by atoms with E-state index in [9.17, 15) is 4.79 Å². The van der Waals surface area contributed by atoms with Gasteiger partial charge in [-0.2, -0.15) is 0 Å². The van der Waals surface area contributed by atoms with Crippen molar-refractivity contribution >= 4 is 11.7 Å². The number of nitrogens with one attached hydrogen (secondary N) is 1. The van der Waals surface area contributed by atoms with E-state index >= 15 is 0 Å². The lowest BCUT2D eigenvalue weighted by molar-refractivity contribution is 0.0691. The molecule has 0 saturated heterocycles. The Kier molecular flexibility index (Phi) is 3.29. The first-order valence-electron chi connectivity index (χ1n) is 4.82. The van der Waals surface area contributed by atoms with Crippen LogP contribution >= 0.6 is 0 Å². The van der Waals surface area contributed by atoms with Crippen molar-refractivity contribution in [3.05, 3.63) is 24.0 Å². The molecule has 1 aromatic heterocycles. The van der Waals surface area contributed by atoms with Crippen molar-refractivity contribution in [1.29, 1.82) is 0 Å². The number of carboxylic acids is 1. The highest BCUT2D eigenvalue weighted by atomic mass is 16.4. The van der Waals surface area contributed by atoms with Crippen molar-refractivity contribution in [3.63, 3.8) is 0 Å². The second-order valence-corrected chi connectivity index (χ2v) is 4.62. The minimum atomic E-state index is -1.01. The van der Waals surface area contributed by atoms with Crippen molar-refractivity contribution in [2.24, 2.45) is 5.41 Å². The fourth-order valence-corrected chi connectivity index (χ4v) is 1.08. The summed E-state index contributed by atoms with van der Waals surface area (Å²) in [7, 11) is 0. The van der Waals surface area contributed by atoms with Crippen LogP contribution in [-0.2, 0) is 0 Å². The van der Waals surface area contributed by atoms with Crippen LogP contribution in [0.3, 0.4) is 0 Å². The first-order valence-corrected chi connectivity index (χ1v) is 4.82. The lowest BCUT2D eigenvalue weighted by Crippen LogP contribution is -2.20. The summed E-state index contributed by atoms with van der Waals surface area (Å²) >= 11 is 0. The molecule has 0 aliphatic rings.